The highest BCUT2D eigenvalue weighted by atomic mass is 32.1. The Morgan fingerprint density at radius 1 is 1.29 bits per heavy atom. The van der Waals surface area contributed by atoms with Gasteiger partial charge in [0.15, 0.2) is 0 Å². The molecule has 1 aliphatic rings. The molecule has 0 spiro atoms. The van der Waals surface area contributed by atoms with E-state index in [-0.39, 0.29) is 12.1 Å². The van der Waals surface area contributed by atoms with E-state index in [2.05, 4.69) is 22.9 Å². The van der Waals surface area contributed by atoms with E-state index in [9.17, 15) is 4.79 Å². The van der Waals surface area contributed by atoms with Crippen LogP contribution in [0.2, 0.25) is 0 Å². The summed E-state index contributed by atoms with van der Waals surface area (Å²) in [5.41, 5.74) is 0.672. The zero-order valence-corrected chi connectivity index (χ0v) is 13.4. The molecule has 5 heteroatoms. The molecule has 1 amide bonds. The summed E-state index contributed by atoms with van der Waals surface area (Å²) >= 11 is 1.67. The predicted octanol–water partition coefficient (Wildman–Crippen LogP) is 3.89. The molecule has 0 fully saturated rings. The topological polar surface area (TPSA) is 34.5 Å². The number of amides is 1. The van der Waals surface area contributed by atoms with Crippen LogP contribution in [0.15, 0.2) is 35.8 Å². The second kappa shape index (κ2) is 5.22. The summed E-state index contributed by atoms with van der Waals surface area (Å²) < 4.78 is 7.79. The van der Waals surface area contributed by atoms with Gasteiger partial charge in [-0.3, -0.25) is 4.90 Å². The van der Waals surface area contributed by atoms with Gasteiger partial charge in [-0.2, -0.15) is 0 Å². The summed E-state index contributed by atoms with van der Waals surface area (Å²) in [4.78, 5) is 15.6. The number of thiophene rings is 1. The van der Waals surface area contributed by atoms with Gasteiger partial charge in [-0.25, -0.2) is 4.79 Å². The molecule has 2 aromatic rings. The average molecular weight is 304 g/mol. The van der Waals surface area contributed by atoms with Gasteiger partial charge >= 0.3 is 6.09 Å². The second-order valence-corrected chi connectivity index (χ2v) is 7.20. The van der Waals surface area contributed by atoms with Crippen molar-refractivity contribution in [1.29, 1.82) is 0 Å². The lowest BCUT2D eigenvalue weighted by molar-refractivity contribution is 0.0151. The van der Waals surface area contributed by atoms with Crippen molar-refractivity contribution in [1.82, 2.24) is 9.47 Å². The zero-order valence-electron chi connectivity index (χ0n) is 12.6. The number of aromatic nitrogens is 1. The van der Waals surface area contributed by atoms with Gasteiger partial charge in [0.2, 0.25) is 0 Å². The Morgan fingerprint density at radius 3 is 2.76 bits per heavy atom. The van der Waals surface area contributed by atoms with E-state index >= 15 is 0 Å². The van der Waals surface area contributed by atoms with E-state index < -0.39 is 5.60 Å². The maximum atomic E-state index is 12.6. The van der Waals surface area contributed by atoms with Crippen LogP contribution in [-0.4, -0.2) is 27.7 Å². The highest BCUT2D eigenvalue weighted by Gasteiger charge is 2.35. The molecule has 2 aromatic heterocycles. The number of carbonyl (C=O) groups excluding carboxylic acids is 1. The van der Waals surface area contributed by atoms with Gasteiger partial charge in [0.05, 0.1) is 0 Å². The van der Waals surface area contributed by atoms with Crippen LogP contribution in [-0.2, 0) is 11.3 Å². The Hall–Kier alpha value is -1.75. The van der Waals surface area contributed by atoms with Crippen LogP contribution in [0.25, 0.3) is 0 Å². The summed E-state index contributed by atoms with van der Waals surface area (Å²) in [7, 11) is 0. The summed E-state index contributed by atoms with van der Waals surface area (Å²) in [6, 6.07) is 8.17. The third kappa shape index (κ3) is 2.83. The molecule has 1 atom stereocenters. The molecular weight excluding hydrogens is 284 g/mol. The first-order valence-electron chi connectivity index (χ1n) is 7.14. The molecule has 0 saturated heterocycles. The molecule has 0 aromatic carbocycles. The van der Waals surface area contributed by atoms with Crippen molar-refractivity contribution in [3.05, 3.63) is 46.4 Å². The summed E-state index contributed by atoms with van der Waals surface area (Å²) in [5.74, 6) is 0. The van der Waals surface area contributed by atoms with E-state index in [1.165, 1.54) is 4.88 Å². The second-order valence-electron chi connectivity index (χ2n) is 6.22. The molecule has 0 N–H and O–H groups in total. The summed E-state index contributed by atoms with van der Waals surface area (Å²) in [6.45, 7) is 7.18. The Labute approximate surface area is 128 Å². The molecule has 112 valence electrons. The molecule has 4 nitrogen and oxygen atoms in total. The van der Waals surface area contributed by atoms with Gasteiger partial charge in [-0.1, -0.05) is 6.07 Å². The number of fused-ring (bicyclic) bond motifs is 1. The van der Waals surface area contributed by atoms with Gasteiger partial charge in [0.25, 0.3) is 0 Å². The highest BCUT2D eigenvalue weighted by Crippen LogP contribution is 2.35. The van der Waals surface area contributed by atoms with E-state index in [0.717, 1.165) is 12.2 Å². The van der Waals surface area contributed by atoms with Crippen LogP contribution >= 0.6 is 11.3 Å². The molecule has 0 saturated carbocycles. The fourth-order valence-corrected chi connectivity index (χ4v) is 3.50. The monoisotopic (exact) mass is 304 g/mol. The van der Waals surface area contributed by atoms with Gasteiger partial charge in [0, 0.05) is 29.9 Å². The Bertz CT molecular complexity index is 625. The van der Waals surface area contributed by atoms with Gasteiger partial charge in [-0.15, -0.1) is 11.3 Å². The van der Waals surface area contributed by atoms with Crippen LogP contribution in [0.1, 0.15) is 37.4 Å². The zero-order chi connectivity index (χ0) is 15.0. The number of ether oxygens (including phenoxy) is 1. The summed E-state index contributed by atoms with van der Waals surface area (Å²) in [5, 5.41) is 2.05. The first kappa shape index (κ1) is 14.2. The van der Waals surface area contributed by atoms with Crippen molar-refractivity contribution >= 4 is 17.4 Å². The van der Waals surface area contributed by atoms with E-state index in [0.29, 0.717) is 6.54 Å². The molecule has 0 radical (unpaired) electrons. The SMILES string of the molecule is CC(C)(C)OC(=O)N1CCn2cccc2C1c1cccs1. The number of nitrogens with zero attached hydrogens (tertiary/aromatic N) is 2. The van der Waals surface area contributed by atoms with Crippen LogP contribution in [0.4, 0.5) is 4.79 Å². The number of hydrogen-bond acceptors (Lipinski definition) is 3. The lowest BCUT2D eigenvalue weighted by atomic mass is 10.1. The van der Waals surface area contributed by atoms with Crippen molar-refractivity contribution in [2.24, 2.45) is 0 Å². The Kier molecular flexibility index (Phi) is 3.53. The Balaban J connectivity index is 1.95. The molecule has 0 bridgehead atoms. The Morgan fingerprint density at radius 2 is 2.10 bits per heavy atom. The molecule has 1 aliphatic heterocycles. The van der Waals surface area contributed by atoms with Gasteiger partial charge in [0.1, 0.15) is 11.6 Å². The first-order valence-corrected chi connectivity index (χ1v) is 8.02. The minimum atomic E-state index is -0.476. The molecule has 3 heterocycles. The number of carbonyl (C=O) groups is 1. The predicted molar refractivity (Wildman–Crippen MR) is 83.5 cm³/mol. The van der Waals surface area contributed by atoms with Gasteiger partial charge < -0.3 is 9.30 Å². The number of hydrogen-bond donors (Lipinski definition) is 0. The third-order valence-corrected chi connectivity index (χ3v) is 4.40. The normalized spacial score (nSPS) is 18.4. The standard InChI is InChI=1S/C16H20N2O2S/c1-16(2,3)20-15(19)18-10-9-17-8-4-6-12(17)14(18)13-7-5-11-21-13/h4-8,11,14H,9-10H2,1-3H3. The maximum Gasteiger partial charge on any atom is 0.411 e. The maximum absolute atomic E-state index is 12.6. The average Bonchev–Trinajstić information content (AvgIpc) is 3.06. The fourth-order valence-electron chi connectivity index (χ4n) is 2.65. The fraction of sp³-hybridized carbons (Fsp3) is 0.438. The van der Waals surface area contributed by atoms with Crippen molar-refractivity contribution in [2.45, 2.75) is 39.0 Å². The molecular formula is C16H20N2O2S. The van der Waals surface area contributed by atoms with Crippen molar-refractivity contribution in [3.8, 4) is 0 Å². The number of rotatable bonds is 1. The smallest absolute Gasteiger partial charge is 0.411 e. The molecule has 21 heavy (non-hydrogen) atoms. The van der Waals surface area contributed by atoms with E-state index in [1.54, 1.807) is 11.3 Å². The quantitative estimate of drug-likeness (QED) is 0.801. The van der Waals surface area contributed by atoms with Crippen molar-refractivity contribution in [3.63, 3.8) is 0 Å². The lowest BCUT2D eigenvalue weighted by Gasteiger charge is -2.37. The van der Waals surface area contributed by atoms with Crippen molar-refractivity contribution in [2.75, 3.05) is 6.54 Å². The van der Waals surface area contributed by atoms with Crippen LogP contribution in [0.5, 0.6) is 0 Å². The molecule has 1 unspecified atom stereocenters. The molecule has 3 rings (SSSR count). The van der Waals surface area contributed by atoms with E-state index in [1.807, 2.05) is 43.2 Å². The largest absolute Gasteiger partial charge is 0.444 e. The minimum absolute atomic E-state index is 0.0522. The molecule has 0 aliphatic carbocycles. The van der Waals surface area contributed by atoms with Crippen molar-refractivity contribution < 1.29 is 9.53 Å². The minimum Gasteiger partial charge on any atom is -0.444 e. The van der Waals surface area contributed by atoms with Gasteiger partial charge in [-0.05, 0) is 44.4 Å². The van der Waals surface area contributed by atoms with Crippen LogP contribution < -0.4 is 0 Å². The lowest BCUT2D eigenvalue weighted by Crippen LogP contribution is -2.44. The highest BCUT2D eigenvalue weighted by molar-refractivity contribution is 7.10. The van der Waals surface area contributed by atoms with E-state index in [4.69, 9.17) is 4.74 Å². The van der Waals surface area contributed by atoms with Crippen LogP contribution in [0, 0.1) is 0 Å². The third-order valence-electron chi connectivity index (χ3n) is 3.48. The van der Waals surface area contributed by atoms with Crippen LogP contribution in [0.3, 0.4) is 0 Å². The first-order chi connectivity index (χ1) is 9.96. The summed E-state index contributed by atoms with van der Waals surface area (Å²) in [6.07, 6.45) is 1.83.